The van der Waals surface area contributed by atoms with Crippen molar-refractivity contribution >= 4 is 0 Å². The van der Waals surface area contributed by atoms with Gasteiger partial charge < -0.3 is 14.2 Å². The van der Waals surface area contributed by atoms with Gasteiger partial charge in [-0.15, -0.1) is 0 Å². The van der Waals surface area contributed by atoms with E-state index in [1.807, 2.05) is 36.4 Å². The van der Waals surface area contributed by atoms with Crippen molar-refractivity contribution in [2.24, 2.45) is 0 Å². The molecule has 0 unspecified atom stereocenters. The number of benzene rings is 3. The predicted octanol–water partition coefficient (Wildman–Crippen LogP) is 5.11. The summed E-state index contributed by atoms with van der Waals surface area (Å²) in [5, 5.41) is 0. The molecule has 0 amide bonds. The van der Waals surface area contributed by atoms with Crippen molar-refractivity contribution < 1.29 is 18.6 Å². The molecule has 0 aliphatic carbocycles. The Balaban J connectivity index is 1.24. The molecule has 5 rings (SSSR count). The summed E-state index contributed by atoms with van der Waals surface area (Å²) in [4.78, 5) is 2.34. The van der Waals surface area contributed by atoms with Crippen LogP contribution in [0.25, 0.3) is 0 Å². The number of rotatable bonds is 6. The smallest absolute Gasteiger partial charge is 0.222 e. The van der Waals surface area contributed by atoms with Crippen LogP contribution in [0.4, 0.5) is 4.39 Å². The molecule has 0 bridgehead atoms. The van der Waals surface area contributed by atoms with E-state index in [0.29, 0.717) is 12.4 Å². The number of halogens is 1. The fourth-order valence-corrected chi connectivity index (χ4v) is 4.28. The normalized spacial score (nSPS) is 20.7. The van der Waals surface area contributed by atoms with E-state index in [4.69, 9.17) is 14.2 Å². The van der Waals surface area contributed by atoms with Gasteiger partial charge in [-0.25, -0.2) is 4.39 Å². The first-order chi connectivity index (χ1) is 15.7. The van der Waals surface area contributed by atoms with Crippen LogP contribution in [0.15, 0.2) is 96.8 Å². The standard InChI is InChI=1S/C27H26FNO3/c28-23-11-13-24(14-12-23)31-25-15-17-29(18-16-25)19-26-20-30-27(32-26,21-7-3-1-4-8-21)22-9-5-2-6-10-22/h1-15,26H,16-20H2/t26-/m1/s1. The fraction of sp³-hybridized carbons (Fsp3) is 0.259. The molecule has 1 atom stereocenters. The molecule has 0 aromatic heterocycles. The van der Waals surface area contributed by atoms with Crippen LogP contribution in [-0.2, 0) is 15.3 Å². The van der Waals surface area contributed by atoms with Gasteiger partial charge in [0, 0.05) is 37.2 Å². The summed E-state index contributed by atoms with van der Waals surface area (Å²) in [6, 6.07) is 26.4. The SMILES string of the molecule is Fc1ccc(OC2=CCN(C[C@@H]3COC(c4ccccc4)(c4ccccc4)O3)CC2)cc1. The Hall–Kier alpha value is -2.99. The first-order valence-corrected chi connectivity index (χ1v) is 11.0. The molecule has 2 heterocycles. The lowest BCUT2D eigenvalue weighted by atomic mass is 9.97. The van der Waals surface area contributed by atoms with Gasteiger partial charge >= 0.3 is 0 Å². The molecule has 4 nitrogen and oxygen atoms in total. The summed E-state index contributed by atoms with van der Waals surface area (Å²) in [5.74, 6) is 0.436. The summed E-state index contributed by atoms with van der Waals surface area (Å²) in [6.45, 7) is 2.96. The van der Waals surface area contributed by atoms with Gasteiger partial charge in [-0.3, -0.25) is 4.90 Å². The van der Waals surface area contributed by atoms with Gasteiger partial charge in [0.15, 0.2) is 0 Å². The van der Waals surface area contributed by atoms with Crippen LogP contribution in [0.3, 0.4) is 0 Å². The van der Waals surface area contributed by atoms with E-state index in [9.17, 15) is 4.39 Å². The molecule has 2 aliphatic rings. The van der Waals surface area contributed by atoms with Crippen molar-refractivity contribution in [2.45, 2.75) is 18.3 Å². The lowest BCUT2D eigenvalue weighted by Crippen LogP contribution is -2.38. The highest BCUT2D eigenvalue weighted by Crippen LogP contribution is 2.40. The number of hydrogen-bond donors (Lipinski definition) is 0. The zero-order valence-corrected chi connectivity index (χ0v) is 17.8. The van der Waals surface area contributed by atoms with Gasteiger partial charge in [0.25, 0.3) is 0 Å². The van der Waals surface area contributed by atoms with Crippen LogP contribution in [0.2, 0.25) is 0 Å². The van der Waals surface area contributed by atoms with Gasteiger partial charge in [-0.05, 0) is 30.3 Å². The highest BCUT2D eigenvalue weighted by atomic mass is 19.1. The van der Waals surface area contributed by atoms with E-state index in [-0.39, 0.29) is 11.9 Å². The molecule has 2 aliphatic heterocycles. The average molecular weight is 432 g/mol. The first kappa shape index (κ1) is 20.9. The van der Waals surface area contributed by atoms with Gasteiger partial charge in [0.1, 0.15) is 17.3 Å². The maximum absolute atomic E-state index is 13.1. The first-order valence-electron chi connectivity index (χ1n) is 11.0. The second-order valence-corrected chi connectivity index (χ2v) is 8.14. The summed E-state index contributed by atoms with van der Waals surface area (Å²) in [6.07, 6.45) is 2.85. The van der Waals surface area contributed by atoms with E-state index in [1.54, 1.807) is 12.1 Å². The van der Waals surface area contributed by atoms with Gasteiger partial charge in [0.2, 0.25) is 5.79 Å². The minimum absolute atomic E-state index is 0.0385. The molecule has 32 heavy (non-hydrogen) atoms. The molecule has 1 saturated heterocycles. The van der Waals surface area contributed by atoms with E-state index in [2.05, 4.69) is 35.2 Å². The van der Waals surface area contributed by atoms with Crippen molar-refractivity contribution in [1.29, 1.82) is 0 Å². The van der Waals surface area contributed by atoms with Crippen LogP contribution >= 0.6 is 0 Å². The molecule has 0 N–H and O–H groups in total. The second-order valence-electron chi connectivity index (χ2n) is 8.14. The maximum atomic E-state index is 13.1. The third kappa shape index (κ3) is 4.46. The summed E-state index contributed by atoms with van der Waals surface area (Å²) in [5.41, 5.74) is 2.00. The zero-order valence-electron chi connectivity index (χ0n) is 17.8. The third-order valence-electron chi connectivity index (χ3n) is 5.89. The summed E-state index contributed by atoms with van der Waals surface area (Å²) >= 11 is 0. The molecule has 5 heteroatoms. The van der Waals surface area contributed by atoms with Gasteiger partial charge in [0.05, 0.1) is 12.7 Å². The highest BCUT2D eigenvalue weighted by Gasteiger charge is 2.45. The van der Waals surface area contributed by atoms with E-state index < -0.39 is 5.79 Å². The molecule has 0 radical (unpaired) electrons. The van der Waals surface area contributed by atoms with E-state index in [1.165, 1.54) is 12.1 Å². The molecule has 1 fully saturated rings. The van der Waals surface area contributed by atoms with Crippen LogP contribution in [0.1, 0.15) is 17.5 Å². The Morgan fingerprint density at radius 2 is 1.56 bits per heavy atom. The Labute approximate surface area is 187 Å². The zero-order chi connectivity index (χ0) is 21.8. The van der Waals surface area contributed by atoms with Crippen LogP contribution in [0.5, 0.6) is 5.75 Å². The van der Waals surface area contributed by atoms with E-state index in [0.717, 1.165) is 42.9 Å². The maximum Gasteiger partial charge on any atom is 0.222 e. The van der Waals surface area contributed by atoms with Gasteiger partial charge in [-0.1, -0.05) is 60.7 Å². The fourth-order valence-electron chi connectivity index (χ4n) is 4.28. The Kier molecular flexibility index (Phi) is 6.04. The molecular formula is C27H26FNO3. The summed E-state index contributed by atoms with van der Waals surface area (Å²) < 4.78 is 31.9. The number of hydrogen-bond acceptors (Lipinski definition) is 4. The Morgan fingerprint density at radius 3 is 2.16 bits per heavy atom. The van der Waals surface area contributed by atoms with Crippen molar-refractivity contribution in [2.75, 3.05) is 26.2 Å². The van der Waals surface area contributed by atoms with Crippen LogP contribution < -0.4 is 4.74 Å². The molecule has 0 spiro atoms. The molecule has 0 saturated carbocycles. The largest absolute Gasteiger partial charge is 0.462 e. The number of nitrogens with zero attached hydrogens (tertiary/aromatic N) is 1. The monoisotopic (exact) mass is 431 g/mol. The molecule has 164 valence electrons. The third-order valence-corrected chi connectivity index (χ3v) is 5.89. The quantitative estimate of drug-likeness (QED) is 0.543. The molecule has 3 aromatic carbocycles. The van der Waals surface area contributed by atoms with Crippen LogP contribution in [0, 0.1) is 5.82 Å². The Morgan fingerprint density at radius 1 is 0.906 bits per heavy atom. The average Bonchev–Trinajstić information content (AvgIpc) is 3.28. The van der Waals surface area contributed by atoms with E-state index >= 15 is 0 Å². The van der Waals surface area contributed by atoms with Crippen molar-refractivity contribution in [3.8, 4) is 5.75 Å². The van der Waals surface area contributed by atoms with Crippen molar-refractivity contribution in [3.63, 3.8) is 0 Å². The van der Waals surface area contributed by atoms with Gasteiger partial charge in [-0.2, -0.15) is 0 Å². The number of ether oxygens (including phenoxy) is 3. The summed E-state index contributed by atoms with van der Waals surface area (Å²) in [7, 11) is 0. The predicted molar refractivity (Wildman–Crippen MR) is 121 cm³/mol. The molecule has 3 aromatic rings. The van der Waals surface area contributed by atoms with Crippen molar-refractivity contribution in [1.82, 2.24) is 4.90 Å². The minimum Gasteiger partial charge on any atom is -0.462 e. The minimum atomic E-state index is -0.879. The van der Waals surface area contributed by atoms with Crippen LogP contribution in [-0.4, -0.2) is 37.2 Å². The molecular weight excluding hydrogens is 405 g/mol. The topological polar surface area (TPSA) is 30.9 Å². The lowest BCUT2D eigenvalue weighted by molar-refractivity contribution is -0.144. The second kappa shape index (κ2) is 9.25. The van der Waals surface area contributed by atoms with Crippen molar-refractivity contribution in [3.05, 3.63) is 114 Å². The lowest BCUT2D eigenvalue weighted by Gasteiger charge is -2.31. The highest BCUT2D eigenvalue weighted by molar-refractivity contribution is 5.34. The Bertz CT molecular complexity index is 1010.